The van der Waals surface area contributed by atoms with Crippen molar-refractivity contribution in [2.75, 3.05) is 5.75 Å². The van der Waals surface area contributed by atoms with Crippen molar-refractivity contribution >= 4 is 21.3 Å². The van der Waals surface area contributed by atoms with E-state index in [1.54, 1.807) is 18.2 Å². The molecule has 0 aromatic heterocycles. The summed E-state index contributed by atoms with van der Waals surface area (Å²) < 4.78 is 24.2. The maximum atomic E-state index is 12.1. The van der Waals surface area contributed by atoms with Crippen LogP contribution in [-0.4, -0.2) is 30.0 Å². The standard InChI is InChI=1S/C15H13NO6S/c17-13(10-23(21,22)14-4-2-1-3-5-14)9-11-8-12(16(19)20)6-7-15(11)18/h1-8,18H,9-10H2. The van der Waals surface area contributed by atoms with E-state index in [-0.39, 0.29) is 21.9 Å². The van der Waals surface area contributed by atoms with Gasteiger partial charge in [0.15, 0.2) is 15.6 Å². The summed E-state index contributed by atoms with van der Waals surface area (Å²) >= 11 is 0. The summed E-state index contributed by atoms with van der Waals surface area (Å²) in [6, 6.07) is 10.8. The first-order valence-corrected chi connectivity index (χ1v) is 8.20. The predicted molar refractivity (Wildman–Crippen MR) is 82.0 cm³/mol. The van der Waals surface area contributed by atoms with Crippen LogP contribution in [0.3, 0.4) is 0 Å². The lowest BCUT2D eigenvalue weighted by Gasteiger charge is -2.06. The number of ketones is 1. The summed E-state index contributed by atoms with van der Waals surface area (Å²) in [6.45, 7) is 0. The van der Waals surface area contributed by atoms with Gasteiger partial charge < -0.3 is 5.11 Å². The zero-order chi connectivity index (χ0) is 17.0. The molecule has 0 saturated heterocycles. The van der Waals surface area contributed by atoms with Crippen LogP contribution in [0.2, 0.25) is 0 Å². The Balaban J connectivity index is 2.17. The number of rotatable bonds is 6. The third kappa shape index (κ3) is 4.13. The Labute approximate surface area is 132 Å². The topological polar surface area (TPSA) is 115 Å². The van der Waals surface area contributed by atoms with E-state index in [4.69, 9.17) is 0 Å². The van der Waals surface area contributed by atoms with Crippen LogP contribution in [0.5, 0.6) is 5.75 Å². The van der Waals surface area contributed by atoms with Gasteiger partial charge in [0.1, 0.15) is 11.5 Å². The Bertz CT molecular complexity index is 846. The lowest BCUT2D eigenvalue weighted by atomic mass is 10.1. The van der Waals surface area contributed by atoms with E-state index in [0.29, 0.717) is 0 Å². The second kappa shape index (κ2) is 6.57. The number of benzene rings is 2. The highest BCUT2D eigenvalue weighted by Gasteiger charge is 2.21. The number of hydrogen-bond donors (Lipinski definition) is 1. The number of nitro groups is 1. The quantitative estimate of drug-likeness (QED) is 0.637. The molecule has 7 nitrogen and oxygen atoms in total. The van der Waals surface area contributed by atoms with Gasteiger partial charge in [0, 0.05) is 24.1 Å². The molecule has 0 spiro atoms. The molecule has 0 radical (unpaired) electrons. The fourth-order valence-electron chi connectivity index (χ4n) is 2.01. The Hall–Kier alpha value is -2.74. The number of phenols is 1. The Morgan fingerprint density at radius 1 is 1.13 bits per heavy atom. The van der Waals surface area contributed by atoms with Gasteiger partial charge in [-0.3, -0.25) is 14.9 Å². The lowest BCUT2D eigenvalue weighted by molar-refractivity contribution is -0.384. The summed E-state index contributed by atoms with van der Waals surface area (Å²) in [4.78, 5) is 22.0. The Morgan fingerprint density at radius 3 is 2.39 bits per heavy atom. The monoisotopic (exact) mass is 335 g/mol. The van der Waals surface area contributed by atoms with Crippen molar-refractivity contribution in [2.24, 2.45) is 0 Å². The molecular formula is C15H13NO6S. The predicted octanol–water partition coefficient (Wildman–Crippen LogP) is 1.89. The van der Waals surface area contributed by atoms with Crippen molar-refractivity contribution < 1.29 is 23.2 Å². The third-order valence-corrected chi connectivity index (χ3v) is 4.81. The second-order valence-electron chi connectivity index (χ2n) is 4.86. The van der Waals surface area contributed by atoms with Gasteiger partial charge in [-0.2, -0.15) is 0 Å². The molecule has 0 bridgehead atoms. The van der Waals surface area contributed by atoms with Gasteiger partial charge in [-0.15, -0.1) is 0 Å². The van der Waals surface area contributed by atoms with Crippen LogP contribution in [0.25, 0.3) is 0 Å². The van der Waals surface area contributed by atoms with E-state index in [2.05, 4.69) is 0 Å². The molecule has 0 aliphatic heterocycles. The number of hydrogen-bond acceptors (Lipinski definition) is 6. The van der Waals surface area contributed by atoms with E-state index in [1.807, 2.05) is 0 Å². The number of nitro benzene ring substituents is 1. The van der Waals surface area contributed by atoms with Crippen molar-refractivity contribution in [2.45, 2.75) is 11.3 Å². The van der Waals surface area contributed by atoms with Crippen molar-refractivity contribution in [1.29, 1.82) is 0 Å². The molecule has 8 heteroatoms. The van der Waals surface area contributed by atoms with Crippen LogP contribution in [0.15, 0.2) is 53.4 Å². The summed E-state index contributed by atoms with van der Waals surface area (Å²) in [7, 11) is -3.78. The number of non-ortho nitro benzene ring substituents is 1. The molecule has 2 aromatic carbocycles. The van der Waals surface area contributed by atoms with Crippen LogP contribution in [-0.2, 0) is 21.1 Å². The first-order valence-electron chi connectivity index (χ1n) is 6.55. The molecule has 0 aliphatic rings. The zero-order valence-corrected chi connectivity index (χ0v) is 12.7. The van der Waals surface area contributed by atoms with Crippen LogP contribution in [0.1, 0.15) is 5.56 Å². The van der Waals surface area contributed by atoms with Gasteiger partial charge in [0.2, 0.25) is 0 Å². The minimum Gasteiger partial charge on any atom is -0.508 e. The number of carbonyl (C=O) groups excluding carboxylic acids is 1. The van der Waals surface area contributed by atoms with Crippen molar-refractivity contribution in [1.82, 2.24) is 0 Å². The molecule has 0 unspecified atom stereocenters. The van der Waals surface area contributed by atoms with Crippen molar-refractivity contribution in [3.05, 3.63) is 64.2 Å². The van der Waals surface area contributed by atoms with Gasteiger partial charge in [-0.05, 0) is 18.2 Å². The fourth-order valence-corrected chi connectivity index (χ4v) is 3.28. The van der Waals surface area contributed by atoms with Crippen LogP contribution in [0, 0.1) is 10.1 Å². The molecule has 0 heterocycles. The molecule has 120 valence electrons. The van der Waals surface area contributed by atoms with Gasteiger partial charge in [0.25, 0.3) is 5.69 Å². The third-order valence-electron chi connectivity index (χ3n) is 3.11. The van der Waals surface area contributed by atoms with E-state index in [0.717, 1.165) is 18.2 Å². The molecule has 2 rings (SSSR count). The SMILES string of the molecule is O=C(Cc1cc([N+](=O)[O-])ccc1O)CS(=O)(=O)c1ccccc1. The van der Waals surface area contributed by atoms with Crippen molar-refractivity contribution in [3.8, 4) is 5.75 Å². The largest absolute Gasteiger partial charge is 0.508 e. The normalized spacial score (nSPS) is 11.1. The summed E-state index contributed by atoms with van der Waals surface area (Å²) in [5.74, 6) is -1.69. The molecule has 0 atom stereocenters. The van der Waals surface area contributed by atoms with Crippen LogP contribution in [0.4, 0.5) is 5.69 Å². The summed E-state index contributed by atoms with van der Waals surface area (Å²) in [5, 5.41) is 20.4. The number of nitrogens with zero attached hydrogens (tertiary/aromatic N) is 1. The molecular weight excluding hydrogens is 322 g/mol. The highest BCUT2D eigenvalue weighted by atomic mass is 32.2. The summed E-state index contributed by atoms with van der Waals surface area (Å²) in [5.41, 5.74) is -0.260. The number of aromatic hydroxyl groups is 1. The van der Waals surface area contributed by atoms with Gasteiger partial charge in [-0.1, -0.05) is 18.2 Å². The molecule has 1 N–H and O–H groups in total. The second-order valence-corrected chi connectivity index (χ2v) is 6.85. The fraction of sp³-hybridized carbons (Fsp3) is 0.133. The van der Waals surface area contributed by atoms with E-state index in [1.165, 1.54) is 12.1 Å². The molecule has 23 heavy (non-hydrogen) atoms. The first kappa shape index (κ1) is 16.6. The molecule has 0 aliphatic carbocycles. The first-order chi connectivity index (χ1) is 10.8. The molecule has 0 saturated carbocycles. The Morgan fingerprint density at radius 2 is 1.78 bits per heavy atom. The maximum absolute atomic E-state index is 12.1. The number of phenolic OH excluding ortho intramolecular Hbond substituents is 1. The minimum atomic E-state index is -3.78. The van der Waals surface area contributed by atoms with Crippen LogP contribution >= 0.6 is 0 Å². The minimum absolute atomic E-state index is 0.0208. The maximum Gasteiger partial charge on any atom is 0.269 e. The van der Waals surface area contributed by atoms with Gasteiger partial charge in [0.05, 0.1) is 9.82 Å². The number of sulfone groups is 1. The Kier molecular flexibility index (Phi) is 4.75. The highest BCUT2D eigenvalue weighted by Crippen LogP contribution is 2.24. The average molecular weight is 335 g/mol. The van der Waals surface area contributed by atoms with Gasteiger partial charge >= 0.3 is 0 Å². The average Bonchev–Trinajstić information content (AvgIpc) is 2.49. The molecule has 0 fully saturated rings. The number of Topliss-reactive ketones (excluding diaryl/α,β-unsaturated/α-hetero) is 1. The van der Waals surface area contributed by atoms with Crippen molar-refractivity contribution in [3.63, 3.8) is 0 Å². The van der Waals surface area contributed by atoms with E-state index in [9.17, 15) is 28.4 Å². The molecule has 2 aromatic rings. The summed E-state index contributed by atoms with van der Waals surface area (Å²) in [6.07, 6.45) is -0.403. The van der Waals surface area contributed by atoms with E-state index >= 15 is 0 Å². The molecule has 0 amide bonds. The lowest BCUT2D eigenvalue weighted by Crippen LogP contribution is -2.18. The zero-order valence-electron chi connectivity index (χ0n) is 11.9. The number of carbonyl (C=O) groups is 1. The van der Waals surface area contributed by atoms with Crippen LogP contribution < -0.4 is 0 Å². The van der Waals surface area contributed by atoms with E-state index < -0.39 is 32.7 Å². The van der Waals surface area contributed by atoms with Gasteiger partial charge in [-0.25, -0.2) is 8.42 Å². The highest BCUT2D eigenvalue weighted by molar-refractivity contribution is 7.92. The smallest absolute Gasteiger partial charge is 0.269 e.